The van der Waals surface area contributed by atoms with Gasteiger partial charge in [-0.05, 0) is 17.7 Å². The number of pyridine rings is 1. The lowest BCUT2D eigenvalue weighted by Gasteiger charge is -2.20. The molecule has 0 bridgehead atoms. The first kappa shape index (κ1) is 12.4. The lowest BCUT2D eigenvalue weighted by Crippen LogP contribution is -2.27. The molecule has 102 valence electrons. The number of hydrogen-bond acceptors (Lipinski definition) is 5. The second-order valence-electron chi connectivity index (χ2n) is 4.61. The van der Waals surface area contributed by atoms with Gasteiger partial charge in [0.1, 0.15) is 0 Å². The van der Waals surface area contributed by atoms with E-state index in [1.807, 2.05) is 29.2 Å². The standard InChI is InChI=1S/C14H14N4O2/c19-18(20)13-6-3-7-16-14(13)17-9-8-15-12-5-2-1-4-11(12)10-17/h1-7,15H,8-10H2. The molecule has 1 N–H and O–H groups in total. The molecule has 0 saturated carbocycles. The summed E-state index contributed by atoms with van der Waals surface area (Å²) in [4.78, 5) is 16.9. The van der Waals surface area contributed by atoms with Crippen LogP contribution in [0.2, 0.25) is 0 Å². The minimum Gasteiger partial charge on any atom is -0.383 e. The molecule has 20 heavy (non-hydrogen) atoms. The fraction of sp³-hybridized carbons (Fsp3) is 0.214. The van der Waals surface area contributed by atoms with Gasteiger partial charge in [0, 0.05) is 37.6 Å². The summed E-state index contributed by atoms with van der Waals surface area (Å²) in [5.74, 6) is 0.427. The van der Waals surface area contributed by atoms with Crippen molar-refractivity contribution in [2.45, 2.75) is 6.54 Å². The van der Waals surface area contributed by atoms with Gasteiger partial charge in [-0.3, -0.25) is 10.1 Å². The Morgan fingerprint density at radius 1 is 1.25 bits per heavy atom. The molecular weight excluding hydrogens is 256 g/mol. The number of benzene rings is 1. The maximum atomic E-state index is 11.1. The number of anilines is 2. The Morgan fingerprint density at radius 3 is 2.95 bits per heavy atom. The highest BCUT2D eigenvalue weighted by Gasteiger charge is 2.22. The Bertz CT molecular complexity index is 645. The molecule has 0 fully saturated rings. The zero-order valence-corrected chi connectivity index (χ0v) is 10.8. The van der Waals surface area contributed by atoms with Crippen molar-refractivity contribution < 1.29 is 4.92 Å². The van der Waals surface area contributed by atoms with Gasteiger partial charge in [0.2, 0.25) is 5.82 Å². The van der Waals surface area contributed by atoms with Crippen molar-refractivity contribution in [3.63, 3.8) is 0 Å². The van der Waals surface area contributed by atoms with Crippen LogP contribution in [0.25, 0.3) is 0 Å². The van der Waals surface area contributed by atoms with Crippen LogP contribution in [-0.4, -0.2) is 23.0 Å². The molecule has 0 atom stereocenters. The predicted octanol–water partition coefficient (Wildman–Crippen LogP) is 2.42. The number of aromatic nitrogens is 1. The van der Waals surface area contributed by atoms with E-state index < -0.39 is 0 Å². The summed E-state index contributed by atoms with van der Waals surface area (Å²) in [7, 11) is 0. The highest BCUT2D eigenvalue weighted by molar-refractivity contribution is 5.61. The van der Waals surface area contributed by atoms with Crippen LogP contribution < -0.4 is 10.2 Å². The van der Waals surface area contributed by atoms with Crippen molar-refractivity contribution >= 4 is 17.2 Å². The van der Waals surface area contributed by atoms with Gasteiger partial charge in [-0.1, -0.05) is 18.2 Å². The summed E-state index contributed by atoms with van der Waals surface area (Å²) >= 11 is 0. The van der Waals surface area contributed by atoms with Gasteiger partial charge >= 0.3 is 5.69 Å². The fourth-order valence-electron chi connectivity index (χ4n) is 2.40. The molecule has 2 aromatic rings. The van der Waals surface area contributed by atoms with E-state index in [2.05, 4.69) is 10.3 Å². The zero-order valence-electron chi connectivity index (χ0n) is 10.8. The normalized spacial score (nSPS) is 14.1. The molecule has 2 heterocycles. The number of fused-ring (bicyclic) bond motifs is 1. The van der Waals surface area contributed by atoms with Crippen LogP contribution in [-0.2, 0) is 6.54 Å². The number of rotatable bonds is 2. The summed E-state index contributed by atoms with van der Waals surface area (Å²) in [6.45, 7) is 2.01. The van der Waals surface area contributed by atoms with Crippen molar-refractivity contribution in [3.05, 3.63) is 58.3 Å². The number of hydrogen-bond donors (Lipinski definition) is 1. The first-order valence-electron chi connectivity index (χ1n) is 6.42. The average molecular weight is 270 g/mol. The van der Waals surface area contributed by atoms with Crippen LogP contribution in [0.3, 0.4) is 0 Å². The molecule has 1 aliphatic heterocycles. The second kappa shape index (κ2) is 5.16. The van der Waals surface area contributed by atoms with Crippen molar-refractivity contribution in [2.75, 3.05) is 23.3 Å². The minimum absolute atomic E-state index is 0.0480. The second-order valence-corrected chi connectivity index (χ2v) is 4.61. The molecule has 6 nitrogen and oxygen atoms in total. The topological polar surface area (TPSA) is 71.3 Å². The zero-order chi connectivity index (χ0) is 13.9. The fourth-order valence-corrected chi connectivity index (χ4v) is 2.40. The predicted molar refractivity (Wildman–Crippen MR) is 76.9 cm³/mol. The van der Waals surface area contributed by atoms with Gasteiger partial charge in [0.05, 0.1) is 4.92 Å². The van der Waals surface area contributed by atoms with Gasteiger partial charge in [-0.25, -0.2) is 4.98 Å². The Kier molecular flexibility index (Phi) is 3.20. The third-order valence-electron chi connectivity index (χ3n) is 3.34. The van der Waals surface area contributed by atoms with Crippen LogP contribution in [0.15, 0.2) is 42.6 Å². The Hall–Kier alpha value is -2.63. The first-order chi connectivity index (χ1) is 9.75. The van der Waals surface area contributed by atoms with E-state index in [0.29, 0.717) is 18.9 Å². The van der Waals surface area contributed by atoms with Crippen LogP contribution in [0.4, 0.5) is 17.2 Å². The number of nitrogens with zero attached hydrogens (tertiary/aromatic N) is 3. The molecule has 1 aromatic heterocycles. The van der Waals surface area contributed by atoms with Gasteiger partial charge in [-0.2, -0.15) is 0 Å². The summed E-state index contributed by atoms with van der Waals surface area (Å²) in [6, 6.07) is 11.1. The van der Waals surface area contributed by atoms with E-state index in [-0.39, 0.29) is 10.6 Å². The first-order valence-corrected chi connectivity index (χ1v) is 6.42. The molecule has 6 heteroatoms. The molecular formula is C14H14N4O2. The summed E-state index contributed by atoms with van der Waals surface area (Å²) < 4.78 is 0. The Balaban J connectivity index is 1.98. The monoisotopic (exact) mass is 270 g/mol. The van der Waals surface area contributed by atoms with Gasteiger partial charge in [0.25, 0.3) is 0 Å². The molecule has 0 unspecified atom stereocenters. The Morgan fingerprint density at radius 2 is 2.10 bits per heavy atom. The van der Waals surface area contributed by atoms with Gasteiger partial charge in [0.15, 0.2) is 0 Å². The smallest absolute Gasteiger partial charge is 0.311 e. The van der Waals surface area contributed by atoms with Crippen molar-refractivity contribution in [1.29, 1.82) is 0 Å². The van der Waals surface area contributed by atoms with Gasteiger partial charge < -0.3 is 10.2 Å². The van der Waals surface area contributed by atoms with Gasteiger partial charge in [-0.15, -0.1) is 0 Å². The minimum atomic E-state index is -0.382. The van der Waals surface area contributed by atoms with Crippen LogP contribution in [0, 0.1) is 10.1 Å². The quantitative estimate of drug-likeness (QED) is 0.670. The molecule has 0 spiro atoms. The van der Waals surface area contributed by atoms with E-state index in [4.69, 9.17) is 0 Å². The van der Waals surface area contributed by atoms with E-state index >= 15 is 0 Å². The van der Waals surface area contributed by atoms with E-state index in [1.54, 1.807) is 12.3 Å². The highest BCUT2D eigenvalue weighted by Crippen LogP contribution is 2.29. The van der Waals surface area contributed by atoms with E-state index in [9.17, 15) is 10.1 Å². The summed E-state index contributed by atoms with van der Waals surface area (Å²) in [5, 5.41) is 14.5. The molecule has 3 rings (SSSR count). The summed E-state index contributed by atoms with van der Waals surface area (Å²) in [6.07, 6.45) is 1.59. The largest absolute Gasteiger partial charge is 0.383 e. The van der Waals surface area contributed by atoms with Crippen LogP contribution >= 0.6 is 0 Å². The lowest BCUT2D eigenvalue weighted by molar-refractivity contribution is -0.384. The van der Waals surface area contributed by atoms with E-state index in [1.165, 1.54) is 6.07 Å². The van der Waals surface area contributed by atoms with Crippen molar-refractivity contribution in [3.8, 4) is 0 Å². The maximum absolute atomic E-state index is 11.1. The third kappa shape index (κ3) is 2.27. The van der Waals surface area contributed by atoms with Crippen LogP contribution in [0.1, 0.15) is 5.56 Å². The Labute approximate surface area is 116 Å². The SMILES string of the molecule is O=[N+]([O-])c1cccnc1N1CCNc2ccccc2C1. The van der Waals surface area contributed by atoms with Crippen LogP contribution in [0.5, 0.6) is 0 Å². The lowest BCUT2D eigenvalue weighted by atomic mass is 10.1. The van der Waals surface area contributed by atoms with Crippen molar-refractivity contribution in [1.82, 2.24) is 4.98 Å². The molecule has 0 aliphatic carbocycles. The molecule has 0 amide bonds. The number of nitrogens with one attached hydrogen (secondary N) is 1. The molecule has 1 aliphatic rings. The molecule has 0 saturated heterocycles. The third-order valence-corrected chi connectivity index (χ3v) is 3.34. The number of para-hydroxylation sites is 1. The summed E-state index contributed by atoms with van der Waals surface area (Å²) in [5.41, 5.74) is 2.24. The average Bonchev–Trinajstić information content (AvgIpc) is 2.69. The van der Waals surface area contributed by atoms with Crippen molar-refractivity contribution in [2.24, 2.45) is 0 Å². The molecule has 0 radical (unpaired) electrons. The number of nitro groups is 1. The molecule has 1 aromatic carbocycles. The maximum Gasteiger partial charge on any atom is 0.311 e. The van der Waals surface area contributed by atoms with E-state index in [0.717, 1.165) is 17.8 Å². The highest BCUT2D eigenvalue weighted by atomic mass is 16.6.